The Kier molecular flexibility index (Phi) is 7.43. The molecule has 118 valence electrons. The van der Waals surface area contributed by atoms with E-state index in [0.29, 0.717) is 5.92 Å². The van der Waals surface area contributed by atoms with Crippen molar-refractivity contribution >= 4 is 5.91 Å². The average Bonchev–Trinajstić information content (AvgIpc) is 2.49. The maximum atomic E-state index is 12.4. The first kappa shape index (κ1) is 17.4. The number of carbonyl (C=O) groups is 1. The number of ether oxygens (including phenoxy) is 1. The summed E-state index contributed by atoms with van der Waals surface area (Å²) in [6.45, 7) is 9.23. The number of piperazine rings is 1. The molecular formula is C14H30N4O2. The maximum absolute atomic E-state index is 12.4. The predicted molar refractivity (Wildman–Crippen MR) is 80.3 cm³/mol. The molecule has 2 aliphatic heterocycles. The van der Waals surface area contributed by atoms with Crippen LogP contribution in [-0.2, 0) is 9.53 Å². The van der Waals surface area contributed by atoms with Crippen LogP contribution in [0.3, 0.4) is 0 Å². The third-order valence-electron chi connectivity index (χ3n) is 3.94. The molecular weight excluding hydrogens is 256 g/mol. The number of likely N-dealkylation sites (tertiary alicyclic amines) is 1. The first-order valence-corrected chi connectivity index (χ1v) is 7.67. The highest BCUT2D eigenvalue weighted by Gasteiger charge is 2.35. The Hall–Kier alpha value is -0.690. The number of nitrogens with two attached hydrogens (primary N) is 1. The van der Waals surface area contributed by atoms with E-state index in [2.05, 4.69) is 17.6 Å². The van der Waals surface area contributed by atoms with Crippen molar-refractivity contribution in [3.8, 4) is 0 Å². The van der Waals surface area contributed by atoms with E-state index in [-0.39, 0.29) is 24.2 Å². The first-order chi connectivity index (χ1) is 9.63. The Bertz CT molecular complexity index is 301. The minimum Gasteiger partial charge on any atom is -0.381 e. The lowest BCUT2D eigenvalue weighted by Gasteiger charge is -2.40. The number of hydrogen-bond donors (Lipinski definition) is 3. The molecule has 2 heterocycles. The second-order valence-electron chi connectivity index (χ2n) is 5.24. The minimum absolute atomic E-state index is 0.108. The molecule has 0 aromatic heterocycles. The third kappa shape index (κ3) is 4.15. The normalized spacial score (nSPS) is 34.1. The van der Waals surface area contributed by atoms with Gasteiger partial charge in [0.25, 0.3) is 0 Å². The van der Waals surface area contributed by atoms with Crippen molar-refractivity contribution in [1.82, 2.24) is 15.5 Å². The fourth-order valence-corrected chi connectivity index (χ4v) is 2.82. The van der Waals surface area contributed by atoms with Crippen molar-refractivity contribution < 1.29 is 9.53 Å². The summed E-state index contributed by atoms with van der Waals surface area (Å²) in [5.74, 6) is 0.483. The van der Waals surface area contributed by atoms with Gasteiger partial charge in [-0.05, 0) is 12.3 Å². The molecule has 0 spiro atoms. The monoisotopic (exact) mass is 286 g/mol. The van der Waals surface area contributed by atoms with E-state index in [1.807, 2.05) is 18.7 Å². The fourth-order valence-electron chi connectivity index (χ4n) is 2.82. The van der Waals surface area contributed by atoms with Crippen molar-refractivity contribution in [3.05, 3.63) is 0 Å². The van der Waals surface area contributed by atoms with Gasteiger partial charge in [0.05, 0.1) is 12.3 Å². The smallest absolute Gasteiger partial charge is 0.242 e. The van der Waals surface area contributed by atoms with E-state index in [9.17, 15) is 4.79 Å². The van der Waals surface area contributed by atoms with Gasteiger partial charge in [0.1, 0.15) is 6.04 Å². The van der Waals surface area contributed by atoms with Gasteiger partial charge in [-0.3, -0.25) is 10.1 Å². The van der Waals surface area contributed by atoms with Crippen LogP contribution in [0.25, 0.3) is 0 Å². The Morgan fingerprint density at radius 1 is 1.30 bits per heavy atom. The summed E-state index contributed by atoms with van der Waals surface area (Å²) in [5, 5.41) is 6.32. The highest BCUT2D eigenvalue weighted by atomic mass is 16.5. The van der Waals surface area contributed by atoms with Crippen LogP contribution in [-0.4, -0.2) is 62.4 Å². The zero-order valence-electron chi connectivity index (χ0n) is 13.2. The molecule has 0 aromatic rings. The molecule has 0 saturated carbocycles. The van der Waals surface area contributed by atoms with Crippen molar-refractivity contribution in [2.24, 2.45) is 11.7 Å². The molecule has 2 saturated heterocycles. The standard InChI is InChI=1S/C12H24N4O2.C2H6/c1-8-7-16(6-3-9(8)18-2)12(17)10-11(13)15-5-4-14-10;1-2/h8-11,14-15H,3-7,13H2,1-2H3;1-2H3. The van der Waals surface area contributed by atoms with Gasteiger partial charge in [-0.15, -0.1) is 0 Å². The van der Waals surface area contributed by atoms with Crippen LogP contribution >= 0.6 is 0 Å². The zero-order chi connectivity index (χ0) is 15.1. The summed E-state index contributed by atoms with van der Waals surface area (Å²) in [7, 11) is 1.74. The zero-order valence-corrected chi connectivity index (χ0v) is 13.2. The third-order valence-corrected chi connectivity index (χ3v) is 3.94. The molecule has 0 bridgehead atoms. The van der Waals surface area contributed by atoms with Crippen molar-refractivity contribution in [1.29, 1.82) is 0 Å². The molecule has 20 heavy (non-hydrogen) atoms. The molecule has 2 fully saturated rings. The Morgan fingerprint density at radius 3 is 2.50 bits per heavy atom. The van der Waals surface area contributed by atoms with E-state index in [1.54, 1.807) is 7.11 Å². The van der Waals surface area contributed by atoms with Gasteiger partial charge in [-0.1, -0.05) is 20.8 Å². The van der Waals surface area contributed by atoms with Crippen LogP contribution in [0.4, 0.5) is 0 Å². The summed E-state index contributed by atoms with van der Waals surface area (Å²) in [6, 6.07) is -0.301. The first-order valence-electron chi connectivity index (χ1n) is 7.67. The van der Waals surface area contributed by atoms with Gasteiger partial charge in [0.15, 0.2) is 0 Å². The quantitative estimate of drug-likeness (QED) is 0.652. The molecule has 4 atom stereocenters. The summed E-state index contributed by atoms with van der Waals surface area (Å²) in [6.07, 6.45) is 0.876. The lowest BCUT2D eigenvalue weighted by Crippen LogP contribution is -2.66. The summed E-state index contributed by atoms with van der Waals surface area (Å²) in [5.41, 5.74) is 5.93. The van der Waals surface area contributed by atoms with Gasteiger partial charge >= 0.3 is 0 Å². The number of methoxy groups -OCH3 is 1. The molecule has 0 radical (unpaired) electrons. The van der Waals surface area contributed by atoms with Gasteiger partial charge in [-0.25, -0.2) is 0 Å². The van der Waals surface area contributed by atoms with Gasteiger partial charge in [0, 0.05) is 33.3 Å². The Balaban J connectivity index is 0.000000956. The number of amides is 1. The van der Waals surface area contributed by atoms with Gasteiger partial charge in [0.2, 0.25) is 5.91 Å². The SMILES string of the molecule is CC.COC1CCN(C(=O)C2NCCNC2N)CC1C. The second kappa shape index (κ2) is 8.56. The summed E-state index contributed by atoms with van der Waals surface area (Å²) < 4.78 is 5.41. The van der Waals surface area contributed by atoms with Crippen LogP contribution in [0, 0.1) is 5.92 Å². The van der Waals surface area contributed by atoms with Gasteiger partial charge < -0.3 is 20.7 Å². The van der Waals surface area contributed by atoms with Crippen LogP contribution in [0.1, 0.15) is 27.2 Å². The molecule has 1 amide bonds. The predicted octanol–water partition coefficient (Wildman–Crippen LogP) is -0.258. The molecule has 6 heteroatoms. The summed E-state index contributed by atoms with van der Waals surface area (Å²) >= 11 is 0. The number of hydrogen-bond acceptors (Lipinski definition) is 5. The van der Waals surface area contributed by atoms with Crippen molar-refractivity contribution in [2.75, 3.05) is 33.3 Å². The Morgan fingerprint density at radius 2 is 1.95 bits per heavy atom. The maximum Gasteiger partial charge on any atom is 0.242 e. The average molecular weight is 286 g/mol. The highest BCUT2D eigenvalue weighted by Crippen LogP contribution is 2.20. The fraction of sp³-hybridized carbons (Fsp3) is 0.929. The van der Waals surface area contributed by atoms with E-state index >= 15 is 0 Å². The van der Waals surface area contributed by atoms with Crippen molar-refractivity contribution in [3.63, 3.8) is 0 Å². The van der Waals surface area contributed by atoms with Gasteiger partial charge in [-0.2, -0.15) is 0 Å². The Labute approximate surface area is 122 Å². The number of nitrogens with one attached hydrogen (secondary N) is 2. The number of carbonyl (C=O) groups excluding carboxylic acids is 1. The lowest BCUT2D eigenvalue weighted by molar-refractivity contribution is -0.138. The van der Waals surface area contributed by atoms with E-state index in [4.69, 9.17) is 10.5 Å². The minimum atomic E-state index is -0.301. The lowest BCUT2D eigenvalue weighted by atomic mass is 9.95. The van der Waals surface area contributed by atoms with Crippen LogP contribution < -0.4 is 16.4 Å². The van der Waals surface area contributed by atoms with Crippen LogP contribution in [0.5, 0.6) is 0 Å². The van der Waals surface area contributed by atoms with Crippen LogP contribution in [0.2, 0.25) is 0 Å². The molecule has 0 aliphatic carbocycles. The largest absolute Gasteiger partial charge is 0.381 e. The van der Waals surface area contributed by atoms with E-state index in [1.165, 1.54) is 0 Å². The number of nitrogens with zero attached hydrogens (tertiary/aromatic N) is 1. The molecule has 2 aliphatic rings. The molecule has 4 N–H and O–H groups in total. The number of rotatable bonds is 2. The van der Waals surface area contributed by atoms with Crippen molar-refractivity contribution in [2.45, 2.75) is 45.5 Å². The van der Waals surface area contributed by atoms with E-state index < -0.39 is 0 Å². The van der Waals surface area contributed by atoms with Crippen LogP contribution in [0.15, 0.2) is 0 Å². The van der Waals surface area contributed by atoms with E-state index in [0.717, 1.165) is 32.6 Å². The topological polar surface area (TPSA) is 79.6 Å². The molecule has 6 nitrogen and oxygen atoms in total. The highest BCUT2D eigenvalue weighted by molar-refractivity contribution is 5.83. The number of piperidine rings is 1. The molecule has 2 rings (SSSR count). The summed E-state index contributed by atoms with van der Waals surface area (Å²) in [4.78, 5) is 14.3. The molecule has 0 aromatic carbocycles. The second-order valence-corrected chi connectivity index (χ2v) is 5.24. The molecule has 4 unspecified atom stereocenters.